The lowest BCUT2D eigenvalue weighted by Crippen LogP contribution is -2.48. The average molecular weight is 452 g/mol. The molecule has 2 aromatic heterocycles. The quantitative estimate of drug-likeness (QED) is 0.480. The van der Waals surface area contributed by atoms with Crippen LogP contribution in [0.3, 0.4) is 0 Å². The van der Waals surface area contributed by atoms with E-state index in [-0.39, 0.29) is 5.91 Å². The van der Waals surface area contributed by atoms with Gasteiger partial charge in [-0.2, -0.15) is 0 Å². The number of benzene rings is 2. The number of nitrogens with zero attached hydrogens (tertiary/aromatic N) is 4. The Morgan fingerprint density at radius 1 is 1.06 bits per heavy atom. The molecule has 0 unspecified atom stereocenters. The van der Waals surface area contributed by atoms with E-state index in [9.17, 15) is 4.79 Å². The zero-order valence-corrected chi connectivity index (χ0v) is 19.1. The molecule has 1 aliphatic heterocycles. The van der Waals surface area contributed by atoms with Crippen molar-refractivity contribution in [1.82, 2.24) is 20.2 Å². The highest BCUT2D eigenvalue weighted by atomic mass is 32.1. The molecule has 1 N–H and O–H groups in total. The number of carbonyl (C=O) groups excluding carboxylic acids is 1. The largest absolute Gasteiger partial charge is 0.351 e. The molecule has 0 aliphatic carbocycles. The van der Waals surface area contributed by atoms with Crippen molar-refractivity contribution in [3.63, 3.8) is 0 Å². The number of rotatable bonds is 6. The molecule has 4 aromatic rings. The number of carbonyl (C=O) groups is 1. The molecule has 160 valence electrons. The summed E-state index contributed by atoms with van der Waals surface area (Å²) in [7, 11) is 0. The molecule has 0 saturated carbocycles. The fraction of sp³-hybridized carbons (Fsp3) is 0.348. The first-order valence-corrected chi connectivity index (χ1v) is 12.4. The number of hydrogen-bond acceptors (Lipinski definition) is 7. The van der Waals surface area contributed by atoms with Gasteiger partial charge in [-0.15, -0.1) is 11.3 Å². The summed E-state index contributed by atoms with van der Waals surface area (Å²) >= 11 is 3.35. The number of fused-ring (bicyclic) bond motifs is 2. The van der Waals surface area contributed by atoms with Crippen molar-refractivity contribution in [2.75, 3.05) is 44.2 Å². The summed E-state index contributed by atoms with van der Waals surface area (Å²) in [4.78, 5) is 26.4. The first-order valence-electron chi connectivity index (χ1n) is 10.7. The monoisotopic (exact) mass is 451 g/mol. The van der Waals surface area contributed by atoms with Crippen LogP contribution in [0.1, 0.15) is 22.8 Å². The minimum absolute atomic E-state index is 0.0186. The van der Waals surface area contributed by atoms with Crippen molar-refractivity contribution < 1.29 is 4.79 Å². The minimum Gasteiger partial charge on any atom is -0.351 e. The summed E-state index contributed by atoms with van der Waals surface area (Å²) in [6, 6.07) is 12.3. The van der Waals surface area contributed by atoms with Crippen LogP contribution in [0, 0.1) is 0 Å². The maximum absolute atomic E-state index is 12.5. The number of anilines is 1. The lowest BCUT2D eigenvalue weighted by Gasteiger charge is -2.34. The molecule has 3 heterocycles. The van der Waals surface area contributed by atoms with Gasteiger partial charge in [0.15, 0.2) is 5.13 Å². The number of amides is 1. The Hall–Kier alpha value is -2.55. The van der Waals surface area contributed by atoms with E-state index in [1.165, 1.54) is 10.3 Å². The van der Waals surface area contributed by atoms with Crippen molar-refractivity contribution >= 4 is 54.1 Å². The third-order valence-corrected chi connectivity index (χ3v) is 7.67. The smallest absolute Gasteiger partial charge is 0.251 e. The van der Waals surface area contributed by atoms with Gasteiger partial charge in [0.05, 0.1) is 25.9 Å². The van der Waals surface area contributed by atoms with Crippen LogP contribution < -0.4 is 10.2 Å². The van der Waals surface area contributed by atoms with Crippen molar-refractivity contribution in [2.45, 2.75) is 13.3 Å². The van der Waals surface area contributed by atoms with Gasteiger partial charge in [-0.1, -0.05) is 24.3 Å². The van der Waals surface area contributed by atoms with Gasteiger partial charge in [-0.25, -0.2) is 9.97 Å². The van der Waals surface area contributed by atoms with E-state index in [4.69, 9.17) is 4.98 Å². The Bertz CT molecular complexity index is 1210. The third-order valence-electron chi connectivity index (χ3n) is 5.80. The normalized spacial score (nSPS) is 15.1. The molecule has 1 aliphatic rings. The van der Waals surface area contributed by atoms with Crippen LogP contribution in [0.2, 0.25) is 0 Å². The molecule has 5 rings (SSSR count). The summed E-state index contributed by atoms with van der Waals surface area (Å²) in [6.45, 7) is 7.61. The average Bonchev–Trinajstić information content (AvgIpc) is 3.45. The zero-order chi connectivity index (χ0) is 21.2. The Morgan fingerprint density at radius 3 is 2.74 bits per heavy atom. The van der Waals surface area contributed by atoms with Crippen molar-refractivity contribution in [3.8, 4) is 0 Å². The van der Waals surface area contributed by atoms with Gasteiger partial charge in [-0.3, -0.25) is 9.69 Å². The van der Waals surface area contributed by atoms with Gasteiger partial charge in [0.25, 0.3) is 5.91 Å². The summed E-state index contributed by atoms with van der Waals surface area (Å²) in [5.41, 5.74) is 5.91. The lowest BCUT2D eigenvalue weighted by atomic mass is 10.2. The van der Waals surface area contributed by atoms with Gasteiger partial charge < -0.3 is 10.2 Å². The van der Waals surface area contributed by atoms with E-state index in [2.05, 4.69) is 45.2 Å². The predicted molar refractivity (Wildman–Crippen MR) is 130 cm³/mol. The minimum atomic E-state index is -0.0186. The fourth-order valence-electron chi connectivity index (χ4n) is 3.90. The van der Waals surface area contributed by atoms with E-state index >= 15 is 0 Å². The third kappa shape index (κ3) is 4.42. The molecule has 31 heavy (non-hydrogen) atoms. The van der Waals surface area contributed by atoms with Crippen LogP contribution in [0.5, 0.6) is 0 Å². The molecular formula is C23H25N5OS2. The van der Waals surface area contributed by atoms with Crippen LogP contribution in [0.25, 0.3) is 20.4 Å². The maximum Gasteiger partial charge on any atom is 0.251 e. The van der Waals surface area contributed by atoms with Crippen LogP contribution in [-0.4, -0.2) is 60.0 Å². The van der Waals surface area contributed by atoms with E-state index in [0.717, 1.165) is 60.0 Å². The molecule has 0 spiro atoms. The molecule has 1 saturated heterocycles. The summed E-state index contributed by atoms with van der Waals surface area (Å²) in [6.07, 6.45) is 1.05. The second-order valence-electron chi connectivity index (χ2n) is 7.77. The lowest BCUT2D eigenvalue weighted by molar-refractivity contribution is 0.0948. The highest BCUT2D eigenvalue weighted by Crippen LogP contribution is 2.30. The van der Waals surface area contributed by atoms with Crippen molar-refractivity contribution in [1.29, 1.82) is 0 Å². The number of thiazole rings is 2. The molecule has 0 atom stereocenters. The Kier molecular flexibility index (Phi) is 5.85. The molecule has 1 fully saturated rings. The second-order valence-corrected chi connectivity index (χ2v) is 9.67. The number of piperazine rings is 1. The van der Waals surface area contributed by atoms with Gasteiger partial charge in [-0.05, 0) is 42.3 Å². The predicted octanol–water partition coefficient (Wildman–Crippen LogP) is 4.02. The Labute approximate surface area is 189 Å². The summed E-state index contributed by atoms with van der Waals surface area (Å²) in [5, 5.41) is 4.17. The zero-order valence-electron chi connectivity index (χ0n) is 17.5. The van der Waals surface area contributed by atoms with Crippen LogP contribution >= 0.6 is 22.7 Å². The maximum atomic E-state index is 12.5. The number of aryl methyl sites for hydroxylation is 1. The van der Waals surface area contributed by atoms with E-state index in [0.29, 0.717) is 12.1 Å². The van der Waals surface area contributed by atoms with Gasteiger partial charge in [0.1, 0.15) is 0 Å². The van der Waals surface area contributed by atoms with Crippen molar-refractivity contribution in [3.05, 3.63) is 53.0 Å². The first-order chi connectivity index (χ1) is 15.2. The molecule has 2 aromatic carbocycles. The molecule has 0 bridgehead atoms. The highest BCUT2D eigenvalue weighted by Gasteiger charge is 2.20. The molecule has 0 radical (unpaired) electrons. The van der Waals surface area contributed by atoms with Gasteiger partial charge >= 0.3 is 0 Å². The van der Waals surface area contributed by atoms with E-state index < -0.39 is 0 Å². The Balaban J connectivity index is 1.11. The number of aromatic nitrogens is 2. The summed E-state index contributed by atoms with van der Waals surface area (Å²) in [5.74, 6) is -0.0186. The number of hydrogen-bond donors (Lipinski definition) is 1. The van der Waals surface area contributed by atoms with Crippen LogP contribution in [-0.2, 0) is 6.42 Å². The van der Waals surface area contributed by atoms with E-state index in [1.807, 2.05) is 23.7 Å². The summed E-state index contributed by atoms with van der Waals surface area (Å²) < 4.78 is 2.32. The molecule has 6 nitrogen and oxygen atoms in total. The second kappa shape index (κ2) is 8.90. The number of nitrogens with one attached hydrogen (secondary N) is 1. The molecule has 1 amide bonds. The van der Waals surface area contributed by atoms with Crippen molar-refractivity contribution in [2.24, 2.45) is 0 Å². The fourth-order valence-corrected chi connectivity index (χ4v) is 5.70. The highest BCUT2D eigenvalue weighted by molar-refractivity contribution is 7.22. The standard InChI is InChI=1S/C23H25N5OS2/c1-2-16-3-5-19-21(13-16)31-23(26-19)28-11-9-27(10-12-28)8-7-24-22(29)17-4-6-18-20(14-17)30-15-25-18/h3-6,13-15H,2,7-12H2,1H3,(H,24,29). The van der Waals surface area contributed by atoms with Crippen LogP contribution in [0.15, 0.2) is 41.9 Å². The van der Waals surface area contributed by atoms with Crippen LogP contribution in [0.4, 0.5) is 5.13 Å². The topological polar surface area (TPSA) is 61.4 Å². The van der Waals surface area contributed by atoms with Gasteiger partial charge in [0.2, 0.25) is 0 Å². The van der Waals surface area contributed by atoms with E-state index in [1.54, 1.807) is 22.7 Å². The van der Waals surface area contributed by atoms with Gasteiger partial charge in [0, 0.05) is 44.8 Å². The molecule has 8 heteroatoms. The SMILES string of the molecule is CCc1ccc2nc(N3CCN(CCNC(=O)c4ccc5ncsc5c4)CC3)sc2c1. The first kappa shape index (κ1) is 20.4. The Morgan fingerprint density at radius 2 is 1.90 bits per heavy atom. The molecular weight excluding hydrogens is 426 g/mol.